The number of carbonyl (C=O) groups excluding carboxylic acids is 1. The van der Waals surface area contributed by atoms with Crippen molar-refractivity contribution in [1.82, 2.24) is 20.0 Å². The highest BCUT2D eigenvalue weighted by atomic mass is 32.1. The Bertz CT molecular complexity index is 816. The molecule has 0 aliphatic carbocycles. The second kappa shape index (κ2) is 6.75. The summed E-state index contributed by atoms with van der Waals surface area (Å²) in [6, 6.07) is 12.3. The number of hydrogen-bond acceptors (Lipinski definition) is 4. The maximum absolute atomic E-state index is 12.5. The molecule has 2 heterocycles. The molecular weight excluding hydrogens is 320 g/mol. The monoisotopic (exact) mass is 342 g/mol. The molecule has 1 unspecified atom stereocenters. The van der Waals surface area contributed by atoms with Crippen molar-refractivity contribution >= 4 is 27.5 Å². The third kappa shape index (κ3) is 3.20. The Morgan fingerprint density at radius 2 is 2.04 bits per heavy atom. The summed E-state index contributed by atoms with van der Waals surface area (Å²) in [4.78, 5) is 16.4. The number of rotatable bonds is 5. The Morgan fingerprint density at radius 1 is 1.33 bits per heavy atom. The molecule has 0 saturated carbocycles. The molecule has 1 aromatic carbocycles. The van der Waals surface area contributed by atoms with Gasteiger partial charge in [-0.1, -0.05) is 30.3 Å². The van der Waals surface area contributed by atoms with E-state index in [1.54, 1.807) is 0 Å². The largest absolute Gasteiger partial charge is 0.349 e. The Balaban J connectivity index is 1.74. The number of carbonyl (C=O) groups is 1. The van der Waals surface area contributed by atoms with Gasteiger partial charge in [-0.15, -0.1) is 11.3 Å². The lowest BCUT2D eigenvalue weighted by atomic mass is 10.1. The lowest BCUT2D eigenvalue weighted by Crippen LogP contribution is -2.34. The van der Waals surface area contributed by atoms with Gasteiger partial charge in [0.25, 0.3) is 5.91 Å². The third-order valence-electron chi connectivity index (χ3n) is 4.18. The van der Waals surface area contributed by atoms with E-state index in [9.17, 15) is 4.79 Å². The summed E-state index contributed by atoms with van der Waals surface area (Å²) in [5.74, 6) is -0.0293. The average Bonchev–Trinajstić information content (AvgIpc) is 3.10. The van der Waals surface area contributed by atoms with Crippen molar-refractivity contribution in [3.05, 3.63) is 52.5 Å². The van der Waals surface area contributed by atoms with Gasteiger partial charge in [-0.3, -0.25) is 9.48 Å². The molecule has 0 aliphatic rings. The van der Waals surface area contributed by atoms with E-state index in [0.29, 0.717) is 6.54 Å². The SMILES string of the molecule is Cc1nn(C)c2sc(C(=O)NCC(c3ccccc3)N(C)C)cc12. The van der Waals surface area contributed by atoms with E-state index in [2.05, 4.69) is 27.4 Å². The molecule has 0 bridgehead atoms. The van der Waals surface area contributed by atoms with Crippen molar-refractivity contribution in [1.29, 1.82) is 0 Å². The van der Waals surface area contributed by atoms with Crippen LogP contribution in [0.4, 0.5) is 0 Å². The van der Waals surface area contributed by atoms with Gasteiger partial charge in [0.15, 0.2) is 0 Å². The summed E-state index contributed by atoms with van der Waals surface area (Å²) in [7, 11) is 5.96. The van der Waals surface area contributed by atoms with Crippen molar-refractivity contribution in [2.45, 2.75) is 13.0 Å². The molecule has 1 amide bonds. The Hall–Kier alpha value is -2.18. The van der Waals surface area contributed by atoms with Crippen LogP contribution in [0.25, 0.3) is 10.2 Å². The number of nitrogens with one attached hydrogen (secondary N) is 1. The highest BCUT2D eigenvalue weighted by Crippen LogP contribution is 2.27. The highest BCUT2D eigenvalue weighted by Gasteiger charge is 2.18. The summed E-state index contributed by atoms with van der Waals surface area (Å²) in [5.41, 5.74) is 2.15. The number of nitrogens with zero attached hydrogens (tertiary/aromatic N) is 3. The second-order valence-corrected chi connectivity index (χ2v) is 7.17. The minimum atomic E-state index is -0.0293. The fraction of sp³-hybridized carbons (Fsp3) is 0.333. The van der Waals surface area contributed by atoms with Crippen LogP contribution in [-0.4, -0.2) is 41.2 Å². The van der Waals surface area contributed by atoms with E-state index in [1.165, 1.54) is 16.9 Å². The molecule has 5 nitrogen and oxygen atoms in total. The number of thiophene rings is 1. The molecule has 0 spiro atoms. The van der Waals surface area contributed by atoms with Gasteiger partial charge in [0, 0.05) is 19.0 Å². The van der Waals surface area contributed by atoms with E-state index in [1.807, 2.05) is 57.0 Å². The molecule has 0 saturated heterocycles. The lowest BCUT2D eigenvalue weighted by molar-refractivity contribution is 0.0946. The zero-order valence-corrected chi connectivity index (χ0v) is 15.2. The Morgan fingerprint density at radius 3 is 2.67 bits per heavy atom. The molecule has 24 heavy (non-hydrogen) atoms. The summed E-state index contributed by atoms with van der Waals surface area (Å²) in [5, 5.41) is 8.50. The van der Waals surface area contributed by atoms with E-state index in [4.69, 9.17) is 0 Å². The predicted molar refractivity (Wildman–Crippen MR) is 98.5 cm³/mol. The van der Waals surface area contributed by atoms with Gasteiger partial charge in [-0.25, -0.2) is 0 Å². The number of aryl methyl sites for hydroxylation is 2. The van der Waals surface area contributed by atoms with Gasteiger partial charge in [0.2, 0.25) is 0 Å². The van der Waals surface area contributed by atoms with Crippen LogP contribution in [0, 0.1) is 6.92 Å². The first kappa shape index (κ1) is 16.7. The molecule has 2 aromatic heterocycles. The van der Waals surface area contributed by atoms with Crippen molar-refractivity contribution < 1.29 is 4.79 Å². The number of amides is 1. The van der Waals surface area contributed by atoms with E-state index in [0.717, 1.165) is 20.8 Å². The summed E-state index contributed by atoms with van der Waals surface area (Å²) in [6.07, 6.45) is 0. The third-order valence-corrected chi connectivity index (χ3v) is 5.38. The van der Waals surface area contributed by atoms with Crippen molar-refractivity contribution in [3.8, 4) is 0 Å². The highest BCUT2D eigenvalue weighted by molar-refractivity contribution is 7.20. The number of likely N-dealkylation sites (N-methyl/N-ethyl adjacent to an activating group) is 1. The van der Waals surface area contributed by atoms with E-state index in [-0.39, 0.29) is 11.9 Å². The predicted octanol–water partition coefficient (Wildman–Crippen LogP) is 2.98. The molecule has 3 aromatic rings. The minimum absolute atomic E-state index is 0.0293. The van der Waals surface area contributed by atoms with Gasteiger partial charge in [0.1, 0.15) is 4.83 Å². The van der Waals surface area contributed by atoms with Crippen molar-refractivity contribution in [3.63, 3.8) is 0 Å². The second-order valence-electron chi connectivity index (χ2n) is 6.14. The van der Waals surface area contributed by atoms with Crippen molar-refractivity contribution in [2.75, 3.05) is 20.6 Å². The maximum atomic E-state index is 12.5. The quantitative estimate of drug-likeness (QED) is 0.775. The first-order chi connectivity index (χ1) is 11.5. The van der Waals surface area contributed by atoms with Crippen LogP contribution in [0.2, 0.25) is 0 Å². The van der Waals surface area contributed by atoms with E-state index < -0.39 is 0 Å². The van der Waals surface area contributed by atoms with Crippen LogP contribution < -0.4 is 5.32 Å². The van der Waals surface area contributed by atoms with Gasteiger partial charge in [-0.2, -0.15) is 5.10 Å². The summed E-state index contributed by atoms with van der Waals surface area (Å²) >= 11 is 1.48. The van der Waals surface area contributed by atoms with Gasteiger partial charge in [-0.05, 0) is 32.6 Å². The first-order valence-electron chi connectivity index (χ1n) is 7.90. The van der Waals surface area contributed by atoms with Crippen LogP contribution in [0.15, 0.2) is 36.4 Å². The van der Waals surface area contributed by atoms with Crippen LogP contribution >= 0.6 is 11.3 Å². The molecule has 6 heteroatoms. The van der Waals surface area contributed by atoms with Gasteiger partial charge in [0.05, 0.1) is 16.6 Å². The Kier molecular flexibility index (Phi) is 4.69. The maximum Gasteiger partial charge on any atom is 0.261 e. The van der Waals surface area contributed by atoms with Crippen LogP contribution in [-0.2, 0) is 7.05 Å². The smallest absolute Gasteiger partial charge is 0.261 e. The molecule has 0 aliphatic heterocycles. The normalized spacial score (nSPS) is 12.7. The molecular formula is C18H22N4OS. The topological polar surface area (TPSA) is 50.2 Å². The van der Waals surface area contributed by atoms with Gasteiger partial charge >= 0.3 is 0 Å². The zero-order chi connectivity index (χ0) is 17.3. The number of benzene rings is 1. The number of fused-ring (bicyclic) bond motifs is 1. The van der Waals surface area contributed by atoms with Gasteiger partial charge < -0.3 is 10.2 Å². The standard InChI is InChI=1S/C18H22N4OS/c1-12-14-10-16(24-18(14)22(4)20-12)17(23)19-11-15(21(2)3)13-8-6-5-7-9-13/h5-10,15H,11H2,1-4H3,(H,19,23). The van der Waals surface area contributed by atoms with E-state index >= 15 is 0 Å². The molecule has 1 atom stereocenters. The zero-order valence-electron chi connectivity index (χ0n) is 14.4. The van der Waals surface area contributed by atoms with Crippen molar-refractivity contribution in [2.24, 2.45) is 7.05 Å². The lowest BCUT2D eigenvalue weighted by Gasteiger charge is -2.25. The average molecular weight is 342 g/mol. The fourth-order valence-corrected chi connectivity index (χ4v) is 3.91. The first-order valence-corrected chi connectivity index (χ1v) is 8.71. The molecule has 1 N–H and O–H groups in total. The number of aromatic nitrogens is 2. The van der Waals surface area contributed by atoms with Crippen LogP contribution in [0.3, 0.4) is 0 Å². The number of hydrogen-bond donors (Lipinski definition) is 1. The van der Waals surface area contributed by atoms with Crippen LogP contribution in [0.5, 0.6) is 0 Å². The van der Waals surface area contributed by atoms with Crippen LogP contribution in [0.1, 0.15) is 27.0 Å². The molecule has 126 valence electrons. The minimum Gasteiger partial charge on any atom is -0.349 e. The Labute approximate surface area is 145 Å². The molecule has 0 radical (unpaired) electrons. The molecule has 0 fully saturated rings. The summed E-state index contributed by atoms with van der Waals surface area (Å²) in [6.45, 7) is 2.54. The fourth-order valence-electron chi connectivity index (χ4n) is 2.87. The summed E-state index contributed by atoms with van der Waals surface area (Å²) < 4.78 is 1.83. The molecule has 3 rings (SSSR count).